The molecule has 0 aliphatic heterocycles. The van der Waals surface area contributed by atoms with E-state index in [4.69, 9.17) is 0 Å². The molecule has 0 aromatic heterocycles. The van der Waals surface area contributed by atoms with E-state index < -0.39 is 11.7 Å². The van der Waals surface area contributed by atoms with Gasteiger partial charge in [0.05, 0.1) is 5.56 Å². The molecule has 0 amide bonds. The van der Waals surface area contributed by atoms with Gasteiger partial charge < -0.3 is 0 Å². The van der Waals surface area contributed by atoms with E-state index in [2.05, 4.69) is 11.8 Å². The minimum absolute atomic E-state index is 0.142. The Morgan fingerprint density at radius 1 is 0.913 bits per heavy atom. The summed E-state index contributed by atoms with van der Waals surface area (Å²) in [6.07, 6.45) is -2.14. The second-order valence-corrected chi connectivity index (χ2v) is 5.48. The quantitative estimate of drug-likeness (QED) is 0.648. The van der Waals surface area contributed by atoms with Crippen molar-refractivity contribution in [1.82, 2.24) is 0 Å². The third-order valence-electron chi connectivity index (χ3n) is 3.80. The first-order valence-electron chi connectivity index (χ1n) is 7.29. The Kier molecular flexibility index (Phi) is 3.96. The lowest BCUT2D eigenvalue weighted by Crippen LogP contribution is -2.10. The monoisotopic (exact) mass is 314 g/mol. The summed E-state index contributed by atoms with van der Waals surface area (Å²) in [5, 5.41) is 0. The van der Waals surface area contributed by atoms with E-state index >= 15 is 0 Å². The number of carbonyl (C=O) groups excluding carboxylic acids is 1. The molecule has 1 nitrogen and oxygen atoms in total. The number of hydrogen-bond donors (Lipinski definition) is 0. The lowest BCUT2D eigenvalue weighted by atomic mass is 9.89. The number of Topliss-reactive ketones (excluding diaryl/α,β-unsaturated/α-hetero) is 1. The van der Waals surface area contributed by atoms with Crippen LogP contribution in [-0.4, -0.2) is 5.78 Å². The van der Waals surface area contributed by atoms with Gasteiger partial charge in [-0.25, -0.2) is 0 Å². The second kappa shape index (κ2) is 5.92. The van der Waals surface area contributed by atoms with Crippen molar-refractivity contribution in [1.29, 1.82) is 0 Å². The Labute approximate surface area is 132 Å². The molecule has 0 atom stereocenters. The SMILES string of the molecule is O=C1CCCc2cc(C#Cc3cccc(C(F)(F)F)c3)ccc21. The Hall–Kier alpha value is -2.54. The van der Waals surface area contributed by atoms with Crippen molar-refractivity contribution >= 4 is 5.78 Å². The van der Waals surface area contributed by atoms with Gasteiger partial charge in [-0.1, -0.05) is 17.9 Å². The molecule has 4 heteroatoms. The molecule has 0 saturated carbocycles. The van der Waals surface area contributed by atoms with Crippen molar-refractivity contribution in [3.8, 4) is 11.8 Å². The summed E-state index contributed by atoms with van der Waals surface area (Å²) in [5.41, 5.74) is 2.02. The standard InChI is InChI=1S/C19H13F3O/c20-19(21,22)16-5-1-3-13(12-16)7-8-14-9-10-17-15(11-14)4-2-6-18(17)23/h1,3,5,9-12H,2,4,6H2. The lowest BCUT2D eigenvalue weighted by molar-refractivity contribution is -0.137. The van der Waals surface area contributed by atoms with Crippen LogP contribution in [0.3, 0.4) is 0 Å². The van der Waals surface area contributed by atoms with Crippen LogP contribution < -0.4 is 0 Å². The van der Waals surface area contributed by atoms with Gasteiger partial charge in [-0.2, -0.15) is 13.2 Å². The highest BCUT2D eigenvalue weighted by Crippen LogP contribution is 2.29. The van der Waals surface area contributed by atoms with Crippen molar-refractivity contribution in [3.05, 3.63) is 70.3 Å². The summed E-state index contributed by atoms with van der Waals surface area (Å²) in [6, 6.07) is 10.3. The molecule has 0 heterocycles. The van der Waals surface area contributed by atoms with Crippen LogP contribution in [0, 0.1) is 11.8 Å². The molecule has 0 radical (unpaired) electrons. The largest absolute Gasteiger partial charge is 0.416 e. The number of aryl methyl sites for hydroxylation is 1. The number of alkyl halides is 3. The maximum Gasteiger partial charge on any atom is 0.416 e. The van der Waals surface area contributed by atoms with Gasteiger partial charge in [-0.15, -0.1) is 0 Å². The average Bonchev–Trinajstić information content (AvgIpc) is 2.52. The van der Waals surface area contributed by atoms with Crippen LogP contribution in [0.5, 0.6) is 0 Å². The fourth-order valence-electron chi connectivity index (χ4n) is 2.64. The maximum absolute atomic E-state index is 12.7. The topological polar surface area (TPSA) is 17.1 Å². The predicted octanol–water partition coefficient (Wildman–Crippen LogP) is 4.62. The molecule has 0 bridgehead atoms. The van der Waals surface area contributed by atoms with Crippen molar-refractivity contribution in [3.63, 3.8) is 0 Å². The molecule has 0 N–H and O–H groups in total. The second-order valence-electron chi connectivity index (χ2n) is 5.48. The van der Waals surface area contributed by atoms with Crippen LogP contribution in [0.25, 0.3) is 0 Å². The fourth-order valence-corrected chi connectivity index (χ4v) is 2.64. The van der Waals surface area contributed by atoms with Crippen LogP contribution in [0.15, 0.2) is 42.5 Å². The molecular weight excluding hydrogens is 301 g/mol. The molecule has 23 heavy (non-hydrogen) atoms. The van der Waals surface area contributed by atoms with E-state index in [1.165, 1.54) is 6.07 Å². The van der Waals surface area contributed by atoms with Gasteiger partial charge in [0.2, 0.25) is 0 Å². The van der Waals surface area contributed by atoms with Gasteiger partial charge in [-0.3, -0.25) is 4.79 Å². The Bertz CT molecular complexity index is 822. The number of hydrogen-bond acceptors (Lipinski definition) is 1. The molecule has 0 spiro atoms. The first-order valence-corrected chi connectivity index (χ1v) is 7.29. The molecule has 2 aromatic carbocycles. The van der Waals surface area contributed by atoms with Gasteiger partial charge in [-0.05, 0) is 54.8 Å². The molecule has 1 aliphatic carbocycles. The third kappa shape index (κ3) is 3.45. The summed E-state index contributed by atoms with van der Waals surface area (Å²) in [5.74, 6) is 5.77. The van der Waals surface area contributed by atoms with Crippen molar-refractivity contribution in [2.45, 2.75) is 25.4 Å². The Morgan fingerprint density at radius 2 is 1.65 bits per heavy atom. The first-order chi connectivity index (χ1) is 10.9. The molecule has 116 valence electrons. The zero-order valence-electron chi connectivity index (χ0n) is 12.2. The maximum atomic E-state index is 12.7. The highest BCUT2D eigenvalue weighted by molar-refractivity contribution is 5.98. The van der Waals surface area contributed by atoms with E-state index in [0.717, 1.165) is 36.1 Å². The van der Waals surface area contributed by atoms with Gasteiger partial charge in [0.25, 0.3) is 0 Å². The van der Waals surface area contributed by atoms with Gasteiger partial charge >= 0.3 is 6.18 Å². The number of carbonyl (C=O) groups is 1. The van der Waals surface area contributed by atoms with Crippen LogP contribution in [-0.2, 0) is 12.6 Å². The third-order valence-corrected chi connectivity index (χ3v) is 3.80. The fraction of sp³-hybridized carbons (Fsp3) is 0.211. The van der Waals surface area contributed by atoms with E-state index in [1.54, 1.807) is 18.2 Å². The Balaban J connectivity index is 1.89. The normalized spacial score (nSPS) is 14.0. The molecule has 0 saturated heterocycles. The van der Waals surface area contributed by atoms with Gasteiger partial charge in [0.1, 0.15) is 0 Å². The molecule has 0 unspecified atom stereocenters. The van der Waals surface area contributed by atoms with E-state index in [-0.39, 0.29) is 5.78 Å². The van der Waals surface area contributed by atoms with Gasteiger partial charge in [0.15, 0.2) is 5.78 Å². The molecule has 2 aromatic rings. The predicted molar refractivity (Wildman–Crippen MR) is 81.1 cm³/mol. The number of ketones is 1. The average molecular weight is 314 g/mol. The molecule has 1 aliphatic rings. The highest BCUT2D eigenvalue weighted by Gasteiger charge is 2.30. The van der Waals surface area contributed by atoms with Crippen LogP contribution >= 0.6 is 0 Å². The smallest absolute Gasteiger partial charge is 0.294 e. The number of rotatable bonds is 0. The summed E-state index contributed by atoms with van der Waals surface area (Å²) in [6.45, 7) is 0. The lowest BCUT2D eigenvalue weighted by Gasteiger charge is -2.14. The summed E-state index contributed by atoms with van der Waals surface area (Å²) < 4.78 is 38.0. The van der Waals surface area contributed by atoms with Crippen LogP contribution in [0.1, 0.15) is 45.5 Å². The zero-order valence-corrected chi connectivity index (χ0v) is 12.2. The Morgan fingerprint density at radius 3 is 2.39 bits per heavy atom. The van der Waals surface area contributed by atoms with Crippen molar-refractivity contribution < 1.29 is 18.0 Å². The molecular formula is C19H13F3O. The number of benzene rings is 2. The van der Waals surface area contributed by atoms with Gasteiger partial charge in [0, 0.05) is 23.1 Å². The summed E-state index contributed by atoms with van der Waals surface area (Å²) in [4.78, 5) is 11.8. The minimum atomic E-state index is -4.37. The van der Waals surface area contributed by atoms with Crippen LogP contribution in [0.2, 0.25) is 0 Å². The highest BCUT2D eigenvalue weighted by atomic mass is 19.4. The molecule has 0 fully saturated rings. The van der Waals surface area contributed by atoms with Crippen molar-refractivity contribution in [2.75, 3.05) is 0 Å². The van der Waals surface area contributed by atoms with E-state index in [9.17, 15) is 18.0 Å². The summed E-state index contributed by atoms with van der Waals surface area (Å²) in [7, 11) is 0. The summed E-state index contributed by atoms with van der Waals surface area (Å²) >= 11 is 0. The van der Waals surface area contributed by atoms with E-state index in [1.807, 2.05) is 6.07 Å². The zero-order chi connectivity index (χ0) is 16.4. The number of fused-ring (bicyclic) bond motifs is 1. The number of halogens is 3. The minimum Gasteiger partial charge on any atom is -0.294 e. The van der Waals surface area contributed by atoms with E-state index in [0.29, 0.717) is 17.5 Å². The van der Waals surface area contributed by atoms with Crippen molar-refractivity contribution in [2.24, 2.45) is 0 Å². The first kappa shape index (κ1) is 15.4. The van der Waals surface area contributed by atoms with Crippen LogP contribution in [0.4, 0.5) is 13.2 Å². The molecule has 3 rings (SSSR count).